The number of aryl methyl sites for hydroxylation is 1. The predicted molar refractivity (Wildman–Crippen MR) is 154 cm³/mol. The molecule has 2 aromatic carbocycles. The number of hydrogen-bond acceptors (Lipinski definition) is 5. The number of nitrogens with zero attached hydrogens (tertiary/aromatic N) is 1. The van der Waals surface area contributed by atoms with Crippen LogP contribution in [0.1, 0.15) is 18.1 Å². The second-order valence-electron chi connectivity index (χ2n) is 8.58. The van der Waals surface area contributed by atoms with Gasteiger partial charge in [-0.15, -0.1) is 17.8 Å². The topological polar surface area (TPSA) is 84.4 Å². The zero-order chi connectivity index (χ0) is 26.9. The summed E-state index contributed by atoms with van der Waals surface area (Å²) in [6.07, 6.45) is 4.96. The van der Waals surface area contributed by atoms with Crippen LogP contribution < -0.4 is 16.0 Å². The molecule has 2 amide bonds. The Morgan fingerprint density at radius 3 is 2.53 bits per heavy atom. The van der Waals surface area contributed by atoms with Gasteiger partial charge in [-0.1, -0.05) is 24.1 Å². The SMILES string of the molecule is C#CC(=O)NCCOCCNC(=O)C#Cc1csc(-c2ccc3c4cc(CNC)ccc4n(CC)c3c2)c1. The van der Waals surface area contributed by atoms with Crippen molar-refractivity contribution in [2.75, 3.05) is 33.4 Å². The van der Waals surface area contributed by atoms with E-state index in [0.717, 1.165) is 29.1 Å². The molecule has 194 valence electrons. The lowest BCUT2D eigenvalue weighted by molar-refractivity contribution is -0.116. The normalized spacial score (nSPS) is 10.7. The molecule has 0 aliphatic heterocycles. The number of benzene rings is 2. The smallest absolute Gasteiger partial charge is 0.296 e. The van der Waals surface area contributed by atoms with Crippen LogP contribution in [0, 0.1) is 24.2 Å². The van der Waals surface area contributed by atoms with Gasteiger partial charge in [0, 0.05) is 69.7 Å². The predicted octanol–water partition coefficient (Wildman–Crippen LogP) is 3.50. The van der Waals surface area contributed by atoms with Crippen molar-refractivity contribution < 1.29 is 14.3 Å². The number of ether oxygens (including phenoxy) is 1. The molecule has 0 radical (unpaired) electrons. The van der Waals surface area contributed by atoms with Gasteiger partial charge in [-0.2, -0.15) is 0 Å². The first kappa shape index (κ1) is 27.0. The van der Waals surface area contributed by atoms with Gasteiger partial charge in [-0.25, -0.2) is 0 Å². The van der Waals surface area contributed by atoms with E-state index in [1.54, 1.807) is 11.3 Å². The van der Waals surface area contributed by atoms with E-state index in [0.29, 0.717) is 26.3 Å². The maximum Gasteiger partial charge on any atom is 0.296 e. The van der Waals surface area contributed by atoms with E-state index in [9.17, 15) is 9.59 Å². The lowest BCUT2D eigenvalue weighted by Gasteiger charge is -2.05. The van der Waals surface area contributed by atoms with E-state index in [1.165, 1.54) is 27.4 Å². The number of amides is 2. The Morgan fingerprint density at radius 1 is 1.00 bits per heavy atom. The second kappa shape index (κ2) is 12.9. The Bertz CT molecular complexity index is 1570. The highest BCUT2D eigenvalue weighted by molar-refractivity contribution is 7.13. The molecule has 0 aliphatic rings. The highest BCUT2D eigenvalue weighted by Gasteiger charge is 2.12. The monoisotopic (exact) mass is 526 g/mol. The molecule has 0 saturated carbocycles. The van der Waals surface area contributed by atoms with Crippen LogP contribution in [0.15, 0.2) is 47.8 Å². The molecule has 4 rings (SSSR count). The number of aromatic nitrogens is 1. The number of fused-ring (bicyclic) bond motifs is 3. The summed E-state index contributed by atoms with van der Waals surface area (Å²) < 4.78 is 7.68. The summed E-state index contributed by atoms with van der Waals surface area (Å²) in [6, 6.07) is 15.3. The van der Waals surface area contributed by atoms with Crippen molar-refractivity contribution in [3.05, 3.63) is 59.0 Å². The van der Waals surface area contributed by atoms with Crippen LogP contribution in [0.2, 0.25) is 0 Å². The molecular weight excluding hydrogens is 496 g/mol. The zero-order valence-electron chi connectivity index (χ0n) is 21.5. The number of rotatable bonds is 10. The number of carbonyl (C=O) groups is 2. The summed E-state index contributed by atoms with van der Waals surface area (Å²) in [5, 5.41) is 12.9. The fourth-order valence-corrected chi connectivity index (χ4v) is 5.15. The van der Waals surface area contributed by atoms with E-state index in [-0.39, 0.29) is 5.91 Å². The molecule has 0 bridgehead atoms. The number of hydrogen-bond donors (Lipinski definition) is 3. The lowest BCUT2D eigenvalue weighted by Crippen LogP contribution is -2.29. The molecule has 2 heterocycles. The maximum atomic E-state index is 12.1. The van der Waals surface area contributed by atoms with Crippen molar-refractivity contribution >= 4 is 45.0 Å². The Hall–Kier alpha value is -4.08. The van der Waals surface area contributed by atoms with E-state index in [4.69, 9.17) is 11.2 Å². The summed E-state index contributed by atoms with van der Waals surface area (Å²) in [4.78, 5) is 24.1. The number of terminal acetylenes is 1. The van der Waals surface area contributed by atoms with Crippen molar-refractivity contribution in [2.45, 2.75) is 20.0 Å². The van der Waals surface area contributed by atoms with Gasteiger partial charge in [-0.3, -0.25) is 9.59 Å². The summed E-state index contributed by atoms with van der Waals surface area (Å²) in [6.45, 7) is 5.18. The minimum Gasteiger partial charge on any atom is -0.378 e. The standard InChI is InChI=1S/C30H30N4O3S/c1-4-29(35)32-12-14-37-15-13-33-30(36)11-7-22-17-28(38-20-22)23-8-9-24-25-16-21(19-31-3)6-10-26(25)34(5-2)27(24)18-23/h1,6,8-10,16-18,20,31H,5,12-15,19H2,2-3H3,(H,32,35)(H,33,36). The van der Waals surface area contributed by atoms with Gasteiger partial charge in [0.1, 0.15) is 0 Å². The van der Waals surface area contributed by atoms with Crippen LogP contribution in [-0.4, -0.2) is 49.7 Å². The van der Waals surface area contributed by atoms with Gasteiger partial charge in [0.05, 0.1) is 13.2 Å². The van der Waals surface area contributed by atoms with Crippen LogP contribution in [0.25, 0.3) is 32.2 Å². The van der Waals surface area contributed by atoms with E-state index >= 15 is 0 Å². The average Bonchev–Trinajstić information content (AvgIpc) is 3.53. The first-order valence-corrected chi connectivity index (χ1v) is 13.3. The average molecular weight is 527 g/mol. The van der Waals surface area contributed by atoms with E-state index in [2.05, 4.69) is 75.7 Å². The number of carbonyl (C=O) groups excluding carboxylic acids is 2. The Morgan fingerprint density at radius 2 is 1.79 bits per heavy atom. The summed E-state index contributed by atoms with van der Waals surface area (Å²) >= 11 is 1.61. The van der Waals surface area contributed by atoms with Crippen LogP contribution >= 0.6 is 11.3 Å². The van der Waals surface area contributed by atoms with Crippen LogP contribution in [0.5, 0.6) is 0 Å². The van der Waals surface area contributed by atoms with Crippen molar-refractivity contribution in [2.24, 2.45) is 0 Å². The molecule has 0 aliphatic carbocycles. The minimum atomic E-state index is -0.475. The summed E-state index contributed by atoms with van der Waals surface area (Å²) in [5.74, 6) is 6.70. The molecule has 0 fully saturated rings. The number of nitrogens with one attached hydrogen (secondary N) is 3. The Kier molecular flexibility index (Phi) is 9.18. The highest BCUT2D eigenvalue weighted by Crippen LogP contribution is 2.35. The molecule has 0 unspecified atom stereocenters. The van der Waals surface area contributed by atoms with Crippen molar-refractivity contribution in [1.82, 2.24) is 20.5 Å². The fraction of sp³-hybridized carbons (Fsp3) is 0.267. The zero-order valence-corrected chi connectivity index (χ0v) is 22.3. The van der Waals surface area contributed by atoms with Gasteiger partial charge in [0.25, 0.3) is 11.8 Å². The quantitative estimate of drug-likeness (QED) is 0.218. The third-order valence-corrected chi connectivity index (χ3v) is 7.01. The molecule has 0 spiro atoms. The van der Waals surface area contributed by atoms with Crippen molar-refractivity contribution in [3.63, 3.8) is 0 Å². The molecule has 0 atom stereocenters. The van der Waals surface area contributed by atoms with Gasteiger partial charge in [-0.05, 0) is 55.3 Å². The lowest BCUT2D eigenvalue weighted by atomic mass is 10.1. The van der Waals surface area contributed by atoms with Crippen molar-refractivity contribution in [3.8, 4) is 34.6 Å². The largest absolute Gasteiger partial charge is 0.378 e. The van der Waals surface area contributed by atoms with Crippen LogP contribution in [0.3, 0.4) is 0 Å². The maximum absolute atomic E-state index is 12.1. The third-order valence-electron chi connectivity index (χ3n) is 6.03. The summed E-state index contributed by atoms with van der Waals surface area (Å²) in [7, 11) is 1.96. The van der Waals surface area contributed by atoms with Gasteiger partial charge < -0.3 is 25.3 Å². The second-order valence-corrected chi connectivity index (χ2v) is 9.49. The van der Waals surface area contributed by atoms with E-state index in [1.807, 2.05) is 24.4 Å². The molecular formula is C30H30N4O3S. The Labute approximate surface area is 226 Å². The van der Waals surface area contributed by atoms with Crippen molar-refractivity contribution in [1.29, 1.82) is 0 Å². The van der Waals surface area contributed by atoms with Crippen LogP contribution in [0.4, 0.5) is 0 Å². The molecule has 2 aromatic heterocycles. The molecule has 38 heavy (non-hydrogen) atoms. The number of thiophene rings is 1. The third kappa shape index (κ3) is 6.42. The minimum absolute atomic E-state index is 0.314. The van der Waals surface area contributed by atoms with Crippen LogP contribution in [-0.2, 0) is 27.4 Å². The molecule has 7 nitrogen and oxygen atoms in total. The first-order valence-electron chi connectivity index (χ1n) is 12.4. The van der Waals surface area contributed by atoms with Gasteiger partial charge in [0.15, 0.2) is 0 Å². The van der Waals surface area contributed by atoms with E-state index < -0.39 is 5.91 Å². The fourth-order valence-electron chi connectivity index (χ4n) is 4.31. The molecule has 3 N–H and O–H groups in total. The molecule has 0 saturated heterocycles. The Balaban J connectivity index is 1.39. The molecule has 4 aromatic rings. The molecule has 8 heteroatoms. The first-order chi connectivity index (χ1) is 18.5. The van der Waals surface area contributed by atoms with Gasteiger partial charge in [0.2, 0.25) is 0 Å². The summed E-state index contributed by atoms with van der Waals surface area (Å²) in [5.41, 5.74) is 5.65. The van der Waals surface area contributed by atoms with Gasteiger partial charge >= 0.3 is 0 Å². The highest BCUT2D eigenvalue weighted by atomic mass is 32.1.